The van der Waals surface area contributed by atoms with Crippen LogP contribution in [0.3, 0.4) is 0 Å². The summed E-state index contributed by atoms with van der Waals surface area (Å²) in [6, 6.07) is 12.0. The van der Waals surface area contributed by atoms with Crippen LogP contribution in [0.2, 0.25) is 0 Å². The summed E-state index contributed by atoms with van der Waals surface area (Å²) in [5.74, 6) is -0.0283. The van der Waals surface area contributed by atoms with Crippen LogP contribution in [-0.4, -0.2) is 49.7 Å². The minimum atomic E-state index is -3.59. The fraction of sp³-hybridized carbons (Fsp3) is 0.333. The van der Waals surface area contributed by atoms with Crippen molar-refractivity contribution >= 4 is 21.6 Å². The highest BCUT2D eigenvalue weighted by molar-refractivity contribution is 7.93. The van der Waals surface area contributed by atoms with E-state index in [4.69, 9.17) is 4.74 Å². The van der Waals surface area contributed by atoms with Gasteiger partial charge in [0.2, 0.25) is 15.9 Å². The number of rotatable bonds is 5. The van der Waals surface area contributed by atoms with Crippen molar-refractivity contribution in [3.05, 3.63) is 54.2 Å². The topological polar surface area (TPSA) is 88.6 Å². The number of hydrogen-bond acceptors (Lipinski definition) is 5. The molecule has 0 bridgehead atoms. The number of amides is 1. The summed E-state index contributed by atoms with van der Waals surface area (Å²) in [4.78, 5) is 18.4. The van der Waals surface area contributed by atoms with Crippen LogP contribution in [0, 0.1) is 0 Å². The first kappa shape index (κ1) is 18.2. The van der Waals surface area contributed by atoms with Crippen molar-refractivity contribution in [2.75, 3.05) is 24.9 Å². The number of aromatic nitrogens is 1. The molecule has 1 fully saturated rings. The fourth-order valence-electron chi connectivity index (χ4n) is 3.02. The zero-order valence-corrected chi connectivity index (χ0v) is 15.3. The molecule has 2 heterocycles. The first-order chi connectivity index (χ1) is 12.5. The molecule has 8 heteroatoms. The molecule has 138 valence electrons. The van der Waals surface area contributed by atoms with Gasteiger partial charge in [0.05, 0.1) is 12.4 Å². The number of carbonyl (C=O) groups excluding carboxylic acids is 1. The van der Waals surface area contributed by atoms with Gasteiger partial charge in [0, 0.05) is 25.0 Å². The predicted molar refractivity (Wildman–Crippen MR) is 98.7 cm³/mol. The lowest BCUT2D eigenvalue weighted by molar-refractivity contribution is 0.0723. The number of para-hydroxylation sites is 1. The lowest BCUT2D eigenvalue weighted by atomic mass is 10.1. The van der Waals surface area contributed by atoms with Crippen LogP contribution < -0.4 is 9.46 Å². The smallest absolute Gasteiger partial charge is 0.259 e. The molecule has 7 nitrogen and oxygen atoms in total. The average molecular weight is 375 g/mol. The molecule has 1 N–H and O–H groups in total. The maximum Gasteiger partial charge on any atom is 0.259 e. The Morgan fingerprint density at radius 3 is 2.73 bits per heavy atom. The number of hydrogen-bond donors (Lipinski definition) is 1. The molecular weight excluding hydrogens is 354 g/mol. The van der Waals surface area contributed by atoms with E-state index >= 15 is 0 Å². The predicted octanol–water partition coefficient (Wildman–Crippen LogP) is 2.14. The average Bonchev–Trinajstić information content (AvgIpc) is 2.68. The van der Waals surface area contributed by atoms with Crippen LogP contribution in [-0.2, 0) is 10.0 Å². The first-order valence-electron chi connectivity index (χ1n) is 8.36. The molecule has 0 saturated carbocycles. The van der Waals surface area contributed by atoms with Crippen LogP contribution in [0.5, 0.6) is 5.88 Å². The maximum atomic E-state index is 12.8. The number of nitrogens with one attached hydrogen (secondary N) is 1. The molecule has 26 heavy (non-hydrogen) atoms. The molecule has 1 atom stereocenters. The highest BCUT2D eigenvalue weighted by Crippen LogP contribution is 2.23. The zero-order valence-electron chi connectivity index (χ0n) is 14.5. The van der Waals surface area contributed by atoms with E-state index in [1.165, 1.54) is 7.11 Å². The minimum absolute atomic E-state index is 0.138. The Hall–Kier alpha value is -2.61. The number of ether oxygens (including phenoxy) is 1. The Labute approximate surface area is 153 Å². The van der Waals surface area contributed by atoms with Crippen molar-refractivity contribution in [3.63, 3.8) is 0 Å². The van der Waals surface area contributed by atoms with Gasteiger partial charge in [0.1, 0.15) is 5.56 Å². The summed E-state index contributed by atoms with van der Waals surface area (Å²) < 4.78 is 33.1. The minimum Gasteiger partial charge on any atom is -0.480 e. The van der Waals surface area contributed by atoms with Gasteiger partial charge in [-0.1, -0.05) is 18.2 Å². The van der Waals surface area contributed by atoms with Crippen molar-refractivity contribution in [2.24, 2.45) is 0 Å². The van der Waals surface area contributed by atoms with Gasteiger partial charge >= 0.3 is 0 Å². The van der Waals surface area contributed by atoms with Gasteiger partial charge in [-0.25, -0.2) is 13.4 Å². The molecule has 1 aromatic carbocycles. The molecule has 0 radical (unpaired) electrons. The highest BCUT2D eigenvalue weighted by Gasteiger charge is 2.33. The number of benzene rings is 1. The monoisotopic (exact) mass is 375 g/mol. The van der Waals surface area contributed by atoms with Crippen LogP contribution in [0.25, 0.3) is 0 Å². The van der Waals surface area contributed by atoms with Crippen molar-refractivity contribution < 1.29 is 17.9 Å². The SMILES string of the molecule is COc1ncccc1C(=O)N1CCC[C@@H](S(=O)(=O)Nc2ccccc2)C1. The summed E-state index contributed by atoms with van der Waals surface area (Å²) in [5.41, 5.74) is 0.856. The Morgan fingerprint density at radius 1 is 1.23 bits per heavy atom. The largest absolute Gasteiger partial charge is 0.480 e. The molecule has 2 aromatic rings. The quantitative estimate of drug-likeness (QED) is 0.865. The number of methoxy groups -OCH3 is 1. The van der Waals surface area contributed by atoms with Crippen LogP contribution in [0.15, 0.2) is 48.7 Å². The second kappa shape index (κ2) is 7.74. The van der Waals surface area contributed by atoms with Crippen molar-refractivity contribution in [3.8, 4) is 5.88 Å². The molecule has 1 amide bonds. The molecule has 0 unspecified atom stereocenters. The molecule has 1 aliphatic heterocycles. The fourth-order valence-corrected chi connectivity index (χ4v) is 4.50. The Kier molecular flexibility index (Phi) is 5.41. The number of carbonyl (C=O) groups is 1. The third-order valence-electron chi connectivity index (χ3n) is 4.33. The van der Waals surface area contributed by atoms with E-state index < -0.39 is 15.3 Å². The molecule has 1 aliphatic rings. The Balaban J connectivity index is 1.75. The number of nitrogens with zero attached hydrogens (tertiary/aromatic N) is 2. The normalized spacial score (nSPS) is 17.6. The van der Waals surface area contributed by atoms with Crippen LogP contribution in [0.1, 0.15) is 23.2 Å². The lowest BCUT2D eigenvalue weighted by Crippen LogP contribution is -2.46. The number of sulfonamides is 1. The number of anilines is 1. The first-order valence-corrected chi connectivity index (χ1v) is 9.91. The van der Waals surface area contributed by atoms with Crippen molar-refractivity contribution in [2.45, 2.75) is 18.1 Å². The van der Waals surface area contributed by atoms with Crippen LogP contribution >= 0.6 is 0 Å². The molecular formula is C18H21N3O4S. The Bertz CT molecular complexity index is 871. The van der Waals surface area contributed by atoms with E-state index in [2.05, 4.69) is 9.71 Å². The van der Waals surface area contributed by atoms with E-state index in [-0.39, 0.29) is 18.3 Å². The Morgan fingerprint density at radius 2 is 2.00 bits per heavy atom. The second-order valence-corrected chi connectivity index (χ2v) is 8.05. The summed E-state index contributed by atoms with van der Waals surface area (Å²) >= 11 is 0. The van der Waals surface area contributed by atoms with Gasteiger partial charge in [-0.15, -0.1) is 0 Å². The highest BCUT2D eigenvalue weighted by atomic mass is 32.2. The molecule has 1 aromatic heterocycles. The van der Waals surface area contributed by atoms with Gasteiger partial charge < -0.3 is 9.64 Å². The van der Waals surface area contributed by atoms with E-state index in [1.54, 1.807) is 47.5 Å². The molecule has 3 rings (SSSR count). The molecule has 0 aliphatic carbocycles. The lowest BCUT2D eigenvalue weighted by Gasteiger charge is -2.32. The maximum absolute atomic E-state index is 12.8. The second-order valence-electron chi connectivity index (χ2n) is 6.09. The summed E-state index contributed by atoms with van der Waals surface area (Å²) in [6.45, 7) is 0.646. The van der Waals surface area contributed by atoms with Crippen LogP contribution in [0.4, 0.5) is 5.69 Å². The van der Waals surface area contributed by atoms with E-state index in [1.807, 2.05) is 6.07 Å². The van der Waals surface area contributed by atoms with E-state index in [9.17, 15) is 13.2 Å². The van der Waals surface area contributed by atoms with Gasteiger partial charge in [-0.3, -0.25) is 9.52 Å². The summed E-state index contributed by atoms with van der Waals surface area (Å²) in [5, 5.41) is -0.664. The number of pyridine rings is 1. The van der Waals surface area contributed by atoms with Gasteiger partial charge in [0.25, 0.3) is 5.91 Å². The zero-order chi connectivity index (χ0) is 18.6. The standard InChI is InChI=1S/C18H21N3O4S/c1-25-17-16(10-5-11-19-17)18(22)21-12-6-9-15(13-21)26(23,24)20-14-7-3-2-4-8-14/h2-5,7-8,10-11,15,20H,6,9,12-13H2,1H3/t15-/m1/s1. The van der Waals surface area contributed by atoms with Gasteiger partial charge in [-0.2, -0.15) is 0 Å². The number of piperidine rings is 1. The number of likely N-dealkylation sites (tertiary alicyclic amines) is 1. The third kappa shape index (κ3) is 3.96. The van der Waals surface area contributed by atoms with Crippen molar-refractivity contribution in [1.82, 2.24) is 9.88 Å². The summed E-state index contributed by atoms with van der Waals surface area (Å²) in [7, 11) is -2.14. The van der Waals surface area contributed by atoms with Crippen molar-refractivity contribution in [1.29, 1.82) is 0 Å². The third-order valence-corrected chi connectivity index (χ3v) is 6.12. The van der Waals surface area contributed by atoms with Gasteiger partial charge in [-0.05, 0) is 37.1 Å². The molecule has 0 spiro atoms. The van der Waals surface area contributed by atoms with Gasteiger partial charge in [0.15, 0.2) is 0 Å². The van der Waals surface area contributed by atoms with E-state index in [0.717, 1.165) is 0 Å². The van der Waals surface area contributed by atoms with E-state index in [0.29, 0.717) is 30.6 Å². The molecule has 1 saturated heterocycles. The summed E-state index contributed by atoms with van der Waals surface area (Å²) in [6.07, 6.45) is 2.67.